The number of aliphatic carboxylic acids is 1. The molecule has 7 nitrogen and oxygen atoms in total. The van der Waals surface area contributed by atoms with Crippen LogP contribution < -0.4 is 0 Å². The van der Waals surface area contributed by atoms with Gasteiger partial charge in [-0.2, -0.15) is 0 Å². The lowest BCUT2D eigenvalue weighted by Crippen LogP contribution is -2.13. The number of carbonyl (C=O) groups is 3. The van der Waals surface area contributed by atoms with Crippen molar-refractivity contribution in [2.45, 2.75) is 6.42 Å². The Labute approximate surface area is 80.2 Å². The molecule has 0 aromatic heterocycles. The first kappa shape index (κ1) is 14.9. The van der Waals surface area contributed by atoms with Gasteiger partial charge in [0.2, 0.25) is 0 Å². The summed E-state index contributed by atoms with van der Waals surface area (Å²) < 4.78 is 9.02. The minimum absolute atomic E-state index is 0.0998. The Morgan fingerprint density at radius 1 is 1.36 bits per heavy atom. The van der Waals surface area contributed by atoms with Gasteiger partial charge in [0.25, 0.3) is 6.47 Å². The van der Waals surface area contributed by atoms with Gasteiger partial charge in [-0.1, -0.05) is 0 Å². The van der Waals surface area contributed by atoms with Gasteiger partial charge in [-0.25, -0.2) is 0 Å². The van der Waals surface area contributed by atoms with E-state index in [2.05, 4.69) is 9.47 Å². The fourth-order valence-electron chi connectivity index (χ4n) is 0.413. The first-order valence-corrected chi connectivity index (χ1v) is 3.52. The zero-order valence-electron chi connectivity index (χ0n) is 7.63. The Morgan fingerprint density at radius 2 is 1.86 bits per heavy atom. The Balaban J connectivity index is 0. The summed E-state index contributed by atoms with van der Waals surface area (Å²) >= 11 is 0. The second-order valence-corrected chi connectivity index (χ2v) is 1.89. The largest absolute Gasteiger partial charge is 0.483 e. The molecule has 14 heavy (non-hydrogen) atoms. The molecule has 0 atom stereocenters. The van der Waals surface area contributed by atoms with Crippen LogP contribution in [0.4, 0.5) is 0 Å². The van der Waals surface area contributed by atoms with E-state index in [9.17, 15) is 9.59 Å². The summed E-state index contributed by atoms with van der Waals surface area (Å²) in [5, 5.41) is 15.0. The number of hydrogen-bond acceptors (Lipinski definition) is 5. The maximum Gasteiger partial charge on any atom is 0.317 e. The average molecular weight is 208 g/mol. The standard InChI is InChI=1S/C6H10O5.CH2O2/c1-10-2-3-11-6(9)4-5(7)8;2-1-3/h2-4H2,1H3,(H,7,8);1H,(H,2,3). The number of carboxylic acid groups (broad SMARTS) is 2. The molecule has 0 saturated carbocycles. The van der Waals surface area contributed by atoms with Crippen molar-refractivity contribution >= 4 is 18.4 Å². The van der Waals surface area contributed by atoms with Crippen LogP contribution in [0, 0.1) is 0 Å². The molecule has 0 aliphatic carbocycles. The third kappa shape index (κ3) is 16.8. The van der Waals surface area contributed by atoms with Crippen molar-refractivity contribution in [3.63, 3.8) is 0 Å². The summed E-state index contributed by atoms with van der Waals surface area (Å²) in [4.78, 5) is 28.7. The fourth-order valence-corrected chi connectivity index (χ4v) is 0.413. The number of carboxylic acids is 1. The number of rotatable bonds is 5. The van der Waals surface area contributed by atoms with Crippen molar-refractivity contribution in [3.05, 3.63) is 0 Å². The minimum Gasteiger partial charge on any atom is -0.483 e. The molecule has 0 fully saturated rings. The summed E-state index contributed by atoms with van der Waals surface area (Å²) in [5.74, 6) is -1.93. The third-order valence-electron chi connectivity index (χ3n) is 0.846. The van der Waals surface area contributed by atoms with Gasteiger partial charge < -0.3 is 19.7 Å². The molecule has 0 rings (SSSR count). The van der Waals surface area contributed by atoms with E-state index in [0.29, 0.717) is 0 Å². The highest BCUT2D eigenvalue weighted by Crippen LogP contribution is 1.85. The van der Waals surface area contributed by atoms with Crippen LogP contribution in [0.5, 0.6) is 0 Å². The van der Waals surface area contributed by atoms with Crippen LogP contribution in [0.25, 0.3) is 0 Å². The molecule has 2 N–H and O–H groups in total. The van der Waals surface area contributed by atoms with Gasteiger partial charge in [0.1, 0.15) is 13.0 Å². The lowest BCUT2D eigenvalue weighted by molar-refractivity contribution is -0.152. The van der Waals surface area contributed by atoms with Gasteiger partial charge in [-0.05, 0) is 0 Å². The van der Waals surface area contributed by atoms with Gasteiger partial charge in [0.15, 0.2) is 0 Å². The fraction of sp³-hybridized carbons (Fsp3) is 0.571. The summed E-state index contributed by atoms with van der Waals surface area (Å²) in [6.45, 7) is 0.133. The predicted octanol–water partition coefficient (Wildman–Crippen LogP) is -0.648. The van der Waals surface area contributed by atoms with Crippen LogP contribution in [-0.2, 0) is 23.9 Å². The molecule has 0 bridgehead atoms. The van der Waals surface area contributed by atoms with E-state index < -0.39 is 18.4 Å². The highest BCUT2D eigenvalue weighted by atomic mass is 16.6. The molecule has 7 heteroatoms. The Hall–Kier alpha value is -1.63. The van der Waals surface area contributed by atoms with E-state index in [1.165, 1.54) is 7.11 Å². The lowest BCUT2D eigenvalue weighted by Gasteiger charge is -2.00. The zero-order valence-corrected chi connectivity index (χ0v) is 7.63. The molecule has 0 amide bonds. The van der Waals surface area contributed by atoms with Crippen molar-refractivity contribution in [1.29, 1.82) is 0 Å². The maximum absolute atomic E-state index is 10.5. The van der Waals surface area contributed by atoms with Crippen molar-refractivity contribution in [1.82, 2.24) is 0 Å². The summed E-state index contributed by atoms with van der Waals surface area (Å²) in [6.07, 6.45) is -0.594. The Bertz CT molecular complexity index is 177. The second-order valence-electron chi connectivity index (χ2n) is 1.89. The molecule has 0 radical (unpaired) electrons. The smallest absolute Gasteiger partial charge is 0.317 e. The predicted molar refractivity (Wildman–Crippen MR) is 43.8 cm³/mol. The van der Waals surface area contributed by atoms with Crippen molar-refractivity contribution in [2.24, 2.45) is 0 Å². The molecule has 0 heterocycles. The highest BCUT2D eigenvalue weighted by Gasteiger charge is 2.07. The van der Waals surface area contributed by atoms with E-state index in [0.717, 1.165) is 0 Å². The molecule has 82 valence electrons. The number of hydrogen-bond donors (Lipinski definition) is 2. The molecule has 0 spiro atoms. The monoisotopic (exact) mass is 208 g/mol. The molecule has 0 aliphatic rings. The van der Waals surface area contributed by atoms with Gasteiger partial charge in [0, 0.05) is 7.11 Å². The number of ether oxygens (including phenoxy) is 2. The summed E-state index contributed by atoms with van der Waals surface area (Å²) in [6, 6.07) is 0. The van der Waals surface area contributed by atoms with E-state index >= 15 is 0 Å². The zero-order chi connectivity index (χ0) is 11.4. The SMILES string of the molecule is COCCOC(=O)CC(=O)O.O=CO. The van der Waals surface area contributed by atoms with E-state index in [1.54, 1.807) is 0 Å². The first-order valence-electron chi connectivity index (χ1n) is 3.52. The van der Waals surface area contributed by atoms with Gasteiger partial charge in [-0.15, -0.1) is 0 Å². The quantitative estimate of drug-likeness (QED) is 0.267. The van der Waals surface area contributed by atoms with Crippen LogP contribution in [0.2, 0.25) is 0 Å². The van der Waals surface area contributed by atoms with E-state index in [4.69, 9.17) is 15.0 Å². The first-order chi connectivity index (χ1) is 6.58. The molecule has 0 aliphatic heterocycles. The summed E-state index contributed by atoms with van der Waals surface area (Å²) in [5.41, 5.74) is 0. The number of methoxy groups -OCH3 is 1. The molecule has 0 saturated heterocycles. The average Bonchev–Trinajstić information content (AvgIpc) is 2.04. The highest BCUT2D eigenvalue weighted by molar-refractivity contribution is 5.90. The molecular formula is C7H12O7. The Morgan fingerprint density at radius 3 is 2.21 bits per heavy atom. The van der Waals surface area contributed by atoms with Crippen LogP contribution in [0.1, 0.15) is 6.42 Å². The molecule has 0 aromatic rings. The number of esters is 1. The Kier molecular flexibility index (Phi) is 12.1. The van der Waals surface area contributed by atoms with Crippen molar-refractivity contribution in [2.75, 3.05) is 20.3 Å². The minimum atomic E-state index is -1.19. The van der Waals surface area contributed by atoms with Crippen LogP contribution in [0.15, 0.2) is 0 Å². The van der Waals surface area contributed by atoms with Crippen molar-refractivity contribution in [3.8, 4) is 0 Å². The van der Waals surface area contributed by atoms with Crippen LogP contribution in [-0.4, -0.2) is 48.9 Å². The maximum atomic E-state index is 10.5. The van der Waals surface area contributed by atoms with E-state index in [1.807, 2.05) is 0 Å². The molecular weight excluding hydrogens is 196 g/mol. The summed E-state index contributed by atoms with van der Waals surface area (Å²) in [7, 11) is 1.46. The second kappa shape index (κ2) is 11.4. The van der Waals surface area contributed by atoms with Gasteiger partial charge in [0.05, 0.1) is 6.61 Å². The molecule has 0 unspecified atom stereocenters. The topological polar surface area (TPSA) is 110 Å². The van der Waals surface area contributed by atoms with Crippen LogP contribution in [0.3, 0.4) is 0 Å². The normalized spacial score (nSPS) is 8.07. The van der Waals surface area contributed by atoms with Crippen LogP contribution >= 0.6 is 0 Å². The van der Waals surface area contributed by atoms with Gasteiger partial charge >= 0.3 is 11.9 Å². The third-order valence-corrected chi connectivity index (χ3v) is 0.846. The van der Waals surface area contributed by atoms with Crippen molar-refractivity contribution < 1.29 is 34.1 Å². The van der Waals surface area contributed by atoms with E-state index in [-0.39, 0.29) is 19.7 Å². The number of carbonyl (C=O) groups excluding carboxylic acids is 1. The van der Waals surface area contributed by atoms with Gasteiger partial charge in [-0.3, -0.25) is 14.4 Å². The lowest BCUT2D eigenvalue weighted by atomic mass is 10.4. The molecule has 0 aromatic carbocycles.